The van der Waals surface area contributed by atoms with Crippen LogP contribution in [0.2, 0.25) is 0 Å². The second-order valence-electron chi connectivity index (χ2n) is 3.95. The standard InChI is InChI=1S/C12H15BrFNO2/c1-8(2-5-12(16)17)15-7-9-6-10(13)3-4-11(9)14/h3-4,6,8,15H,2,5,7H2,1H3,(H,16,17). The highest BCUT2D eigenvalue weighted by Gasteiger charge is 2.07. The van der Waals surface area contributed by atoms with Crippen molar-refractivity contribution in [3.05, 3.63) is 34.1 Å². The van der Waals surface area contributed by atoms with Gasteiger partial charge in [0.2, 0.25) is 0 Å². The van der Waals surface area contributed by atoms with Gasteiger partial charge in [0.05, 0.1) is 0 Å². The number of carboxylic acid groups (broad SMARTS) is 1. The van der Waals surface area contributed by atoms with Crippen molar-refractivity contribution >= 4 is 21.9 Å². The molecule has 3 nitrogen and oxygen atoms in total. The normalized spacial score (nSPS) is 12.4. The third-order valence-electron chi connectivity index (χ3n) is 2.44. The fourth-order valence-corrected chi connectivity index (χ4v) is 1.81. The highest BCUT2D eigenvalue weighted by Crippen LogP contribution is 2.15. The topological polar surface area (TPSA) is 49.3 Å². The Kier molecular flexibility index (Phi) is 5.58. The number of rotatable bonds is 6. The van der Waals surface area contributed by atoms with Gasteiger partial charge in [-0.15, -0.1) is 0 Å². The first-order valence-corrected chi connectivity index (χ1v) is 6.17. The van der Waals surface area contributed by atoms with Crippen molar-refractivity contribution in [1.29, 1.82) is 0 Å². The maximum Gasteiger partial charge on any atom is 0.303 e. The number of hydrogen-bond acceptors (Lipinski definition) is 2. The average molecular weight is 304 g/mol. The second kappa shape index (κ2) is 6.71. The Morgan fingerprint density at radius 1 is 1.59 bits per heavy atom. The van der Waals surface area contributed by atoms with Crippen LogP contribution in [0, 0.1) is 5.82 Å². The summed E-state index contributed by atoms with van der Waals surface area (Å²) in [5.74, 6) is -1.07. The van der Waals surface area contributed by atoms with Crippen LogP contribution in [-0.4, -0.2) is 17.1 Å². The molecule has 0 amide bonds. The first-order valence-electron chi connectivity index (χ1n) is 5.38. The van der Waals surface area contributed by atoms with Crippen molar-refractivity contribution < 1.29 is 14.3 Å². The number of halogens is 2. The fraction of sp³-hybridized carbons (Fsp3) is 0.417. The zero-order chi connectivity index (χ0) is 12.8. The molecule has 0 saturated carbocycles. The van der Waals surface area contributed by atoms with Gasteiger partial charge in [-0.25, -0.2) is 4.39 Å². The van der Waals surface area contributed by atoms with Crippen LogP contribution >= 0.6 is 15.9 Å². The number of carboxylic acids is 1. The molecule has 2 N–H and O–H groups in total. The summed E-state index contributed by atoms with van der Waals surface area (Å²) in [7, 11) is 0. The number of nitrogens with one attached hydrogen (secondary N) is 1. The quantitative estimate of drug-likeness (QED) is 0.849. The molecule has 0 aliphatic heterocycles. The lowest BCUT2D eigenvalue weighted by Crippen LogP contribution is -2.26. The van der Waals surface area contributed by atoms with Gasteiger partial charge in [0, 0.05) is 29.0 Å². The van der Waals surface area contributed by atoms with Crippen LogP contribution in [0.4, 0.5) is 4.39 Å². The number of hydrogen-bond donors (Lipinski definition) is 2. The van der Waals surface area contributed by atoms with Crippen molar-refractivity contribution in [2.75, 3.05) is 0 Å². The van der Waals surface area contributed by atoms with Crippen molar-refractivity contribution in [2.45, 2.75) is 32.4 Å². The molecule has 1 aromatic carbocycles. The molecule has 17 heavy (non-hydrogen) atoms. The smallest absolute Gasteiger partial charge is 0.303 e. The summed E-state index contributed by atoms with van der Waals surface area (Å²) in [6.45, 7) is 2.28. The van der Waals surface area contributed by atoms with Gasteiger partial charge >= 0.3 is 5.97 Å². The lowest BCUT2D eigenvalue weighted by Gasteiger charge is -2.13. The van der Waals surface area contributed by atoms with E-state index in [4.69, 9.17) is 5.11 Å². The molecular formula is C12H15BrFNO2. The van der Waals surface area contributed by atoms with Crippen molar-refractivity contribution in [1.82, 2.24) is 5.32 Å². The van der Waals surface area contributed by atoms with E-state index in [2.05, 4.69) is 21.2 Å². The van der Waals surface area contributed by atoms with E-state index in [1.807, 2.05) is 6.92 Å². The van der Waals surface area contributed by atoms with E-state index in [9.17, 15) is 9.18 Å². The number of aliphatic carboxylic acids is 1. The van der Waals surface area contributed by atoms with Crippen molar-refractivity contribution in [3.63, 3.8) is 0 Å². The lowest BCUT2D eigenvalue weighted by atomic mass is 10.1. The molecule has 0 radical (unpaired) electrons. The van der Waals surface area contributed by atoms with Crippen LogP contribution < -0.4 is 5.32 Å². The third-order valence-corrected chi connectivity index (χ3v) is 2.93. The van der Waals surface area contributed by atoms with Crippen LogP contribution in [-0.2, 0) is 11.3 Å². The molecule has 0 spiro atoms. The fourth-order valence-electron chi connectivity index (χ4n) is 1.41. The molecule has 1 rings (SSSR count). The van der Waals surface area contributed by atoms with Crippen LogP contribution in [0.15, 0.2) is 22.7 Å². The minimum atomic E-state index is -0.813. The summed E-state index contributed by atoms with van der Waals surface area (Å²) in [5, 5.41) is 11.6. The van der Waals surface area contributed by atoms with Gasteiger partial charge in [0.1, 0.15) is 5.82 Å². The zero-order valence-electron chi connectivity index (χ0n) is 9.54. The Labute approximate surface area is 108 Å². The predicted octanol–water partition coefficient (Wildman–Crippen LogP) is 2.93. The molecule has 1 unspecified atom stereocenters. The summed E-state index contributed by atoms with van der Waals surface area (Å²) >= 11 is 3.28. The molecule has 0 aromatic heterocycles. The van der Waals surface area contributed by atoms with Crippen molar-refractivity contribution in [2.24, 2.45) is 0 Å². The number of benzene rings is 1. The lowest BCUT2D eigenvalue weighted by molar-refractivity contribution is -0.137. The van der Waals surface area contributed by atoms with Gasteiger partial charge in [-0.3, -0.25) is 4.79 Å². The Morgan fingerprint density at radius 3 is 2.94 bits per heavy atom. The van der Waals surface area contributed by atoms with E-state index in [-0.39, 0.29) is 18.3 Å². The Hall–Kier alpha value is -0.940. The van der Waals surface area contributed by atoms with Gasteiger partial charge in [0.25, 0.3) is 0 Å². The molecule has 0 fully saturated rings. The molecule has 94 valence electrons. The average Bonchev–Trinajstić information content (AvgIpc) is 2.27. The Bertz CT molecular complexity index is 398. The molecule has 0 heterocycles. The SMILES string of the molecule is CC(CCC(=O)O)NCc1cc(Br)ccc1F. The first-order chi connectivity index (χ1) is 7.99. The molecule has 0 aliphatic rings. The third kappa shape index (κ3) is 5.28. The summed E-state index contributed by atoms with van der Waals surface area (Å²) in [6, 6.07) is 4.81. The molecule has 0 aliphatic carbocycles. The van der Waals surface area contributed by atoms with E-state index in [1.54, 1.807) is 12.1 Å². The van der Waals surface area contributed by atoms with Crippen LogP contribution in [0.25, 0.3) is 0 Å². The summed E-state index contributed by atoms with van der Waals surface area (Å²) in [6.07, 6.45) is 0.653. The maximum absolute atomic E-state index is 13.4. The predicted molar refractivity (Wildman–Crippen MR) is 67.3 cm³/mol. The van der Waals surface area contributed by atoms with Gasteiger partial charge in [0.15, 0.2) is 0 Å². The van der Waals surface area contributed by atoms with Gasteiger partial charge in [-0.1, -0.05) is 15.9 Å². The minimum Gasteiger partial charge on any atom is -0.481 e. The molecular weight excluding hydrogens is 289 g/mol. The monoisotopic (exact) mass is 303 g/mol. The van der Waals surface area contributed by atoms with E-state index in [1.165, 1.54) is 6.07 Å². The number of carbonyl (C=O) groups is 1. The summed E-state index contributed by atoms with van der Waals surface area (Å²) < 4.78 is 14.2. The molecule has 0 saturated heterocycles. The van der Waals surface area contributed by atoms with E-state index in [0.29, 0.717) is 18.5 Å². The molecule has 1 atom stereocenters. The second-order valence-corrected chi connectivity index (χ2v) is 4.87. The van der Waals surface area contributed by atoms with Crippen LogP contribution in [0.3, 0.4) is 0 Å². The Balaban J connectivity index is 2.44. The van der Waals surface area contributed by atoms with Gasteiger partial charge < -0.3 is 10.4 Å². The molecule has 5 heteroatoms. The van der Waals surface area contributed by atoms with Crippen LogP contribution in [0.5, 0.6) is 0 Å². The van der Waals surface area contributed by atoms with E-state index < -0.39 is 5.97 Å². The Morgan fingerprint density at radius 2 is 2.29 bits per heavy atom. The highest BCUT2D eigenvalue weighted by molar-refractivity contribution is 9.10. The summed E-state index contributed by atoms with van der Waals surface area (Å²) in [4.78, 5) is 10.4. The summed E-state index contributed by atoms with van der Waals surface area (Å²) in [5.41, 5.74) is 0.571. The molecule has 1 aromatic rings. The first kappa shape index (κ1) is 14.1. The molecule has 0 bridgehead atoms. The maximum atomic E-state index is 13.4. The van der Waals surface area contributed by atoms with Crippen LogP contribution in [0.1, 0.15) is 25.3 Å². The zero-order valence-corrected chi connectivity index (χ0v) is 11.1. The highest BCUT2D eigenvalue weighted by atomic mass is 79.9. The largest absolute Gasteiger partial charge is 0.481 e. The minimum absolute atomic E-state index is 0.0458. The van der Waals surface area contributed by atoms with E-state index in [0.717, 1.165) is 4.47 Å². The van der Waals surface area contributed by atoms with Crippen molar-refractivity contribution in [3.8, 4) is 0 Å². The van der Waals surface area contributed by atoms with E-state index >= 15 is 0 Å². The van der Waals surface area contributed by atoms with Gasteiger partial charge in [-0.2, -0.15) is 0 Å². The van der Waals surface area contributed by atoms with Gasteiger partial charge in [-0.05, 0) is 31.5 Å².